The molecule has 2 aromatic carbocycles. The molecular weight excluding hydrogens is 423 g/mol. The molecule has 0 saturated carbocycles. The van der Waals surface area contributed by atoms with Crippen molar-refractivity contribution in [2.45, 2.75) is 6.54 Å². The lowest BCUT2D eigenvalue weighted by atomic mass is 10.1. The Bertz CT molecular complexity index is 1200. The third kappa shape index (κ3) is 3.91. The van der Waals surface area contributed by atoms with Gasteiger partial charge in [-0.05, 0) is 36.4 Å². The monoisotopic (exact) mass is 442 g/mol. The van der Waals surface area contributed by atoms with Gasteiger partial charge in [-0.15, -0.1) is 0 Å². The Morgan fingerprint density at radius 3 is 2.42 bits per heavy atom. The van der Waals surface area contributed by atoms with Gasteiger partial charge in [-0.2, -0.15) is 0 Å². The molecule has 0 aliphatic rings. The van der Waals surface area contributed by atoms with Gasteiger partial charge in [-0.3, -0.25) is 9.69 Å². The average Bonchev–Trinajstić information content (AvgIpc) is 3.46. The lowest BCUT2D eigenvalue weighted by molar-refractivity contribution is 0.0982. The minimum absolute atomic E-state index is 0.115. The summed E-state index contributed by atoms with van der Waals surface area (Å²) in [5, 5.41) is 0.343. The van der Waals surface area contributed by atoms with E-state index in [0.29, 0.717) is 38.4 Å². The van der Waals surface area contributed by atoms with Gasteiger partial charge in [0.25, 0.3) is 5.91 Å². The molecule has 31 heavy (non-hydrogen) atoms. The number of carbonyl (C=O) groups excluding carboxylic acids is 1. The number of rotatable bonds is 7. The van der Waals surface area contributed by atoms with Crippen LogP contribution in [0.2, 0.25) is 0 Å². The maximum Gasteiger partial charge on any atom is 0.260 e. The summed E-state index contributed by atoms with van der Waals surface area (Å²) < 4.78 is 36.4. The lowest BCUT2D eigenvalue weighted by Crippen LogP contribution is -2.30. The molecule has 0 saturated heterocycles. The van der Waals surface area contributed by atoms with Crippen LogP contribution in [0.1, 0.15) is 16.1 Å². The highest BCUT2D eigenvalue weighted by Gasteiger charge is 2.26. The Kier molecular flexibility index (Phi) is 5.77. The highest BCUT2D eigenvalue weighted by molar-refractivity contribution is 7.22. The number of anilines is 1. The minimum atomic E-state index is -0.446. The third-order valence-corrected chi connectivity index (χ3v) is 5.68. The zero-order chi connectivity index (χ0) is 22.0. The fourth-order valence-electron chi connectivity index (χ4n) is 3.16. The van der Waals surface area contributed by atoms with Gasteiger partial charge in [0.15, 0.2) is 16.6 Å². The molecule has 2 aromatic heterocycles. The summed E-state index contributed by atoms with van der Waals surface area (Å²) in [7, 11) is 4.44. The topological polar surface area (TPSA) is 74.0 Å². The number of furan rings is 1. The predicted molar refractivity (Wildman–Crippen MR) is 115 cm³/mol. The molecular formula is C22H19FN2O5S. The number of benzene rings is 2. The molecule has 0 fully saturated rings. The number of carbonyl (C=O) groups is 1. The van der Waals surface area contributed by atoms with Gasteiger partial charge >= 0.3 is 0 Å². The van der Waals surface area contributed by atoms with Gasteiger partial charge in [0.2, 0.25) is 5.75 Å². The van der Waals surface area contributed by atoms with E-state index in [0.717, 1.165) is 0 Å². The molecule has 0 radical (unpaired) electrons. The van der Waals surface area contributed by atoms with E-state index >= 15 is 0 Å². The zero-order valence-electron chi connectivity index (χ0n) is 17.0. The lowest BCUT2D eigenvalue weighted by Gasteiger charge is -2.20. The number of amides is 1. The molecule has 0 spiro atoms. The van der Waals surface area contributed by atoms with E-state index in [1.54, 1.807) is 36.4 Å². The number of nitrogens with zero attached hydrogens (tertiary/aromatic N) is 2. The van der Waals surface area contributed by atoms with E-state index in [1.165, 1.54) is 49.9 Å². The SMILES string of the molecule is COc1cc(C(=O)N(Cc2ccco2)c2nc3c(F)cccc3s2)cc(OC)c1OC. The first-order valence-electron chi connectivity index (χ1n) is 9.25. The van der Waals surface area contributed by atoms with Crippen LogP contribution in [0.4, 0.5) is 9.52 Å². The van der Waals surface area contributed by atoms with E-state index in [-0.39, 0.29) is 18.0 Å². The number of ether oxygens (including phenoxy) is 3. The van der Waals surface area contributed by atoms with Gasteiger partial charge in [0, 0.05) is 5.56 Å². The molecule has 0 bridgehead atoms. The molecule has 0 unspecified atom stereocenters. The minimum Gasteiger partial charge on any atom is -0.493 e. The maximum absolute atomic E-state index is 14.2. The molecule has 4 aromatic rings. The van der Waals surface area contributed by atoms with Crippen LogP contribution in [-0.4, -0.2) is 32.2 Å². The Balaban J connectivity index is 1.81. The molecule has 1 amide bonds. The molecule has 9 heteroatoms. The average molecular weight is 442 g/mol. The van der Waals surface area contributed by atoms with Crippen molar-refractivity contribution in [3.05, 3.63) is 65.9 Å². The third-order valence-electron chi connectivity index (χ3n) is 4.64. The van der Waals surface area contributed by atoms with E-state index in [4.69, 9.17) is 18.6 Å². The summed E-state index contributed by atoms with van der Waals surface area (Å²) in [5.41, 5.74) is 0.505. The van der Waals surface area contributed by atoms with Crippen molar-refractivity contribution in [2.75, 3.05) is 26.2 Å². The van der Waals surface area contributed by atoms with Crippen molar-refractivity contribution in [1.82, 2.24) is 4.98 Å². The van der Waals surface area contributed by atoms with E-state index in [2.05, 4.69) is 4.98 Å². The first kappa shape index (κ1) is 20.7. The van der Waals surface area contributed by atoms with Crippen LogP contribution < -0.4 is 19.1 Å². The van der Waals surface area contributed by atoms with Gasteiger partial charge in [-0.1, -0.05) is 17.4 Å². The van der Waals surface area contributed by atoms with E-state index in [1.807, 2.05) is 0 Å². The van der Waals surface area contributed by atoms with Crippen molar-refractivity contribution in [2.24, 2.45) is 0 Å². The van der Waals surface area contributed by atoms with E-state index < -0.39 is 5.82 Å². The van der Waals surface area contributed by atoms with Crippen LogP contribution in [0.25, 0.3) is 10.2 Å². The molecule has 4 rings (SSSR count). The van der Waals surface area contributed by atoms with Gasteiger partial charge in [-0.25, -0.2) is 9.37 Å². The number of para-hydroxylation sites is 1. The number of halogens is 1. The number of thiazole rings is 1. The highest BCUT2D eigenvalue weighted by Crippen LogP contribution is 2.39. The Morgan fingerprint density at radius 1 is 1.10 bits per heavy atom. The maximum atomic E-state index is 14.2. The van der Waals surface area contributed by atoms with Crippen molar-refractivity contribution < 1.29 is 27.8 Å². The summed E-state index contributed by atoms with van der Waals surface area (Å²) >= 11 is 1.22. The molecule has 0 atom stereocenters. The number of hydrogen-bond donors (Lipinski definition) is 0. The molecule has 2 heterocycles. The summed E-state index contributed by atoms with van der Waals surface area (Å²) in [6, 6.07) is 11.3. The number of aromatic nitrogens is 1. The molecule has 0 aliphatic carbocycles. The predicted octanol–water partition coefficient (Wildman–Crippen LogP) is 4.90. The fourth-order valence-corrected chi connectivity index (χ4v) is 4.14. The highest BCUT2D eigenvalue weighted by atomic mass is 32.1. The van der Waals surface area contributed by atoms with Crippen LogP contribution in [0.3, 0.4) is 0 Å². The molecule has 160 valence electrons. The Labute approximate surface area is 181 Å². The van der Waals surface area contributed by atoms with Crippen LogP contribution in [-0.2, 0) is 6.54 Å². The summed E-state index contributed by atoms with van der Waals surface area (Å²) in [4.78, 5) is 19.4. The van der Waals surface area contributed by atoms with Crippen molar-refractivity contribution in [3.63, 3.8) is 0 Å². The molecule has 7 nitrogen and oxygen atoms in total. The van der Waals surface area contributed by atoms with Gasteiger partial charge in [0.05, 0.1) is 38.8 Å². The van der Waals surface area contributed by atoms with Gasteiger partial charge in [0.1, 0.15) is 17.1 Å². The van der Waals surface area contributed by atoms with Crippen molar-refractivity contribution in [1.29, 1.82) is 0 Å². The second-order valence-electron chi connectivity index (χ2n) is 6.47. The number of hydrogen-bond acceptors (Lipinski definition) is 7. The largest absolute Gasteiger partial charge is 0.493 e. The summed E-state index contributed by atoms with van der Waals surface area (Å²) in [6.45, 7) is 0.115. The van der Waals surface area contributed by atoms with Crippen LogP contribution >= 0.6 is 11.3 Å². The summed E-state index contributed by atoms with van der Waals surface area (Å²) in [5.74, 6) is 0.798. The Morgan fingerprint density at radius 2 is 1.84 bits per heavy atom. The van der Waals surface area contributed by atoms with Crippen LogP contribution in [0.15, 0.2) is 53.1 Å². The normalized spacial score (nSPS) is 10.8. The molecule has 0 aliphatic heterocycles. The van der Waals surface area contributed by atoms with Crippen molar-refractivity contribution >= 4 is 32.6 Å². The van der Waals surface area contributed by atoms with E-state index in [9.17, 15) is 9.18 Å². The Hall–Kier alpha value is -3.59. The second-order valence-corrected chi connectivity index (χ2v) is 7.48. The number of methoxy groups -OCH3 is 3. The zero-order valence-corrected chi connectivity index (χ0v) is 17.9. The first-order valence-corrected chi connectivity index (χ1v) is 10.1. The van der Waals surface area contributed by atoms with Crippen LogP contribution in [0, 0.1) is 5.82 Å². The van der Waals surface area contributed by atoms with Crippen molar-refractivity contribution in [3.8, 4) is 17.2 Å². The quantitative estimate of drug-likeness (QED) is 0.405. The van der Waals surface area contributed by atoms with Crippen LogP contribution in [0.5, 0.6) is 17.2 Å². The van der Waals surface area contributed by atoms with Gasteiger partial charge < -0.3 is 18.6 Å². The second kappa shape index (κ2) is 8.65. The number of fused-ring (bicyclic) bond motifs is 1. The molecule has 0 N–H and O–H groups in total. The smallest absolute Gasteiger partial charge is 0.260 e. The fraction of sp³-hybridized carbons (Fsp3) is 0.182. The summed E-state index contributed by atoms with van der Waals surface area (Å²) in [6.07, 6.45) is 1.52. The standard InChI is InChI=1S/C22H19FN2O5S/c1-27-16-10-13(11-17(28-2)20(16)29-3)21(26)25(12-14-6-5-9-30-14)22-24-19-15(23)7-4-8-18(19)31-22/h4-11H,12H2,1-3H3. The first-order chi connectivity index (χ1) is 15.0.